The minimum atomic E-state index is -0.420. The monoisotopic (exact) mass is 406 g/mol. The fourth-order valence-electron chi connectivity index (χ4n) is 3.83. The van der Waals surface area contributed by atoms with Gasteiger partial charge in [-0.2, -0.15) is 0 Å². The number of anilines is 1. The van der Waals surface area contributed by atoms with Crippen LogP contribution in [0.5, 0.6) is 0 Å². The van der Waals surface area contributed by atoms with Gasteiger partial charge in [0.2, 0.25) is 5.95 Å². The molecule has 1 aliphatic rings. The van der Waals surface area contributed by atoms with E-state index >= 15 is 0 Å². The van der Waals surface area contributed by atoms with Crippen LogP contribution in [0.1, 0.15) is 24.2 Å². The number of benzene rings is 2. The minimum Gasteiger partial charge on any atom is -0.372 e. The summed E-state index contributed by atoms with van der Waals surface area (Å²) in [5, 5.41) is 0. The number of hydrogen-bond acceptors (Lipinski definition) is 5. The van der Waals surface area contributed by atoms with Crippen LogP contribution >= 0.6 is 0 Å². The van der Waals surface area contributed by atoms with Crippen LogP contribution in [0.4, 0.5) is 10.3 Å². The SMILES string of the molecule is CC1CN(C(=O)c2ccccc2-c2ccc(-c3cnc(N)nc3)c(F)c2)CC(C)O1. The predicted octanol–water partition coefficient (Wildman–Crippen LogP) is 3.78. The Bertz CT molecular complexity index is 1060. The molecule has 2 unspecified atom stereocenters. The van der Waals surface area contributed by atoms with Crippen LogP contribution in [0, 0.1) is 5.82 Å². The number of aromatic nitrogens is 2. The van der Waals surface area contributed by atoms with E-state index in [1.54, 1.807) is 23.1 Å². The van der Waals surface area contributed by atoms with Crippen molar-refractivity contribution in [2.24, 2.45) is 0 Å². The maximum absolute atomic E-state index is 14.9. The van der Waals surface area contributed by atoms with E-state index in [4.69, 9.17) is 10.5 Å². The highest BCUT2D eigenvalue weighted by Gasteiger charge is 2.28. The molecule has 1 aromatic heterocycles. The number of hydrogen-bond donors (Lipinski definition) is 1. The lowest BCUT2D eigenvalue weighted by atomic mass is 9.96. The van der Waals surface area contributed by atoms with Crippen LogP contribution in [-0.4, -0.2) is 46.1 Å². The highest BCUT2D eigenvalue weighted by atomic mass is 19.1. The summed E-state index contributed by atoms with van der Waals surface area (Å²) in [6.45, 7) is 4.97. The van der Waals surface area contributed by atoms with Gasteiger partial charge in [-0.1, -0.05) is 30.3 Å². The van der Waals surface area contributed by atoms with Crippen LogP contribution in [0.2, 0.25) is 0 Å². The van der Waals surface area contributed by atoms with Crippen molar-refractivity contribution >= 4 is 11.9 Å². The number of amides is 1. The van der Waals surface area contributed by atoms with Gasteiger partial charge in [-0.25, -0.2) is 14.4 Å². The number of carbonyl (C=O) groups is 1. The molecule has 0 saturated carbocycles. The first kappa shape index (κ1) is 20.0. The van der Waals surface area contributed by atoms with E-state index in [1.807, 2.05) is 32.0 Å². The summed E-state index contributed by atoms with van der Waals surface area (Å²) < 4.78 is 20.6. The first-order valence-corrected chi connectivity index (χ1v) is 9.84. The molecule has 2 N–H and O–H groups in total. The van der Waals surface area contributed by atoms with Crippen molar-refractivity contribution in [2.45, 2.75) is 26.1 Å². The highest BCUT2D eigenvalue weighted by Crippen LogP contribution is 2.30. The zero-order valence-electron chi connectivity index (χ0n) is 16.9. The summed E-state index contributed by atoms with van der Waals surface area (Å²) in [5.41, 5.74) is 8.28. The van der Waals surface area contributed by atoms with Gasteiger partial charge >= 0.3 is 0 Å². The van der Waals surface area contributed by atoms with Crippen molar-refractivity contribution in [3.05, 3.63) is 66.2 Å². The number of nitrogen functional groups attached to an aromatic ring is 1. The molecule has 2 heterocycles. The van der Waals surface area contributed by atoms with Gasteiger partial charge in [0, 0.05) is 42.2 Å². The molecule has 3 aromatic rings. The molecular formula is C23H23FN4O2. The lowest BCUT2D eigenvalue weighted by molar-refractivity contribution is -0.0586. The van der Waals surface area contributed by atoms with Gasteiger partial charge in [-0.15, -0.1) is 0 Å². The first-order chi connectivity index (χ1) is 14.4. The Balaban J connectivity index is 1.67. The molecular weight excluding hydrogens is 383 g/mol. The van der Waals surface area contributed by atoms with Crippen LogP contribution in [0.15, 0.2) is 54.9 Å². The Hall–Kier alpha value is -3.32. The molecule has 0 aliphatic carbocycles. The molecule has 0 radical (unpaired) electrons. The van der Waals surface area contributed by atoms with E-state index in [9.17, 15) is 9.18 Å². The predicted molar refractivity (Wildman–Crippen MR) is 113 cm³/mol. The summed E-state index contributed by atoms with van der Waals surface area (Å²) >= 11 is 0. The second-order valence-corrected chi connectivity index (χ2v) is 7.54. The van der Waals surface area contributed by atoms with Crippen molar-refractivity contribution in [2.75, 3.05) is 18.8 Å². The fraction of sp³-hybridized carbons (Fsp3) is 0.261. The molecule has 1 fully saturated rings. The van der Waals surface area contributed by atoms with E-state index < -0.39 is 5.82 Å². The highest BCUT2D eigenvalue weighted by molar-refractivity contribution is 6.01. The second kappa shape index (κ2) is 8.20. The van der Waals surface area contributed by atoms with E-state index in [0.717, 1.165) is 0 Å². The summed E-state index contributed by atoms with van der Waals surface area (Å²) in [6, 6.07) is 12.2. The molecule has 6 nitrogen and oxygen atoms in total. The Morgan fingerprint density at radius 1 is 1.03 bits per heavy atom. The molecule has 30 heavy (non-hydrogen) atoms. The first-order valence-electron chi connectivity index (χ1n) is 9.84. The third kappa shape index (κ3) is 4.02. The van der Waals surface area contributed by atoms with Crippen LogP contribution in [0.3, 0.4) is 0 Å². The van der Waals surface area contributed by atoms with Crippen LogP contribution in [-0.2, 0) is 4.74 Å². The van der Waals surface area contributed by atoms with E-state index in [1.165, 1.54) is 18.5 Å². The number of halogens is 1. The summed E-state index contributed by atoms with van der Waals surface area (Å²) in [7, 11) is 0. The second-order valence-electron chi connectivity index (χ2n) is 7.54. The van der Waals surface area contributed by atoms with Crippen molar-refractivity contribution < 1.29 is 13.9 Å². The Morgan fingerprint density at radius 2 is 1.70 bits per heavy atom. The van der Waals surface area contributed by atoms with Crippen molar-refractivity contribution in [3.8, 4) is 22.3 Å². The van der Waals surface area contributed by atoms with Crippen molar-refractivity contribution in [1.29, 1.82) is 0 Å². The molecule has 4 rings (SSSR count). The van der Waals surface area contributed by atoms with Gasteiger partial charge in [0.25, 0.3) is 5.91 Å². The molecule has 1 saturated heterocycles. The maximum atomic E-state index is 14.9. The molecule has 1 aliphatic heterocycles. The third-order valence-electron chi connectivity index (χ3n) is 5.13. The summed E-state index contributed by atoms with van der Waals surface area (Å²) in [5.74, 6) is -0.365. The standard InChI is InChI=1S/C23H23FN4O2/c1-14-12-28(13-15(2)30-14)22(29)20-6-4-3-5-18(20)16-7-8-19(21(24)9-16)17-10-26-23(25)27-11-17/h3-11,14-15H,12-13H2,1-2H3,(H2,25,26,27). The molecule has 0 bridgehead atoms. The number of nitrogens with zero attached hydrogens (tertiary/aromatic N) is 3. The van der Waals surface area contributed by atoms with Gasteiger partial charge in [-0.3, -0.25) is 4.79 Å². The van der Waals surface area contributed by atoms with Gasteiger partial charge in [0.1, 0.15) is 5.82 Å². The number of morpholine rings is 1. The Morgan fingerprint density at radius 3 is 2.37 bits per heavy atom. The van der Waals surface area contributed by atoms with Gasteiger partial charge in [0.15, 0.2) is 0 Å². The van der Waals surface area contributed by atoms with Gasteiger partial charge in [-0.05, 0) is 37.1 Å². The molecule has 7 heteroatoms. The molecule has 154 valence electrons. The quantitative estimate of drug-likeness (QED) is 0.716. The topological polar surface area (TPSA) is 81.3 Å². The number of nitrogens with two attached hydrogens (primary N) is 1. The largest absolute Gasteiger partial charge is 0.372 e. The Kier molecular flexibility index (Phi) is 5.46. The zero-order valence-corrected chi connectivity index (χ0v) is 16.9. The van der Waals surface area contributed by atoms with E-state index in [2.05, 4.69) is 9.97 Å². The minimum absolute atomic E-state index is 0.0243. The van der Waals surface area contributed by atoms with Crippen LogP contribution < -0.4 is 5.73 Å². The zero-order chi connectivity index (χ0) is 21.3. The fourth-order valence-corrected chi connectivity index (χ4v) is 3.83. The normalized spacial score (nSPS) is 19.0. The smallest absolute Gasteiger partial charge is 0.254 e. The van der Waals surface area contributed by atoms with Gasteiger partial charge < -0.3 is 15.4 Å². The molecule has 2 aromatic carbocycles. The average Bonchev–Trinajstić information content (AvgIpc) is 2.73. The molecule has 0 spiro atoms. The third-order valence-corrected chi connectivity index (χ3v) is 5.13. The lowest BCUT2D eigenvalue weighted by Gasteiger charge is -2.35. The molecule has 1 amide bonds. The van der Waals surface area contributed by atoms with Crippen molar-refractivity contribution in [1.82, 2.24) is 14.9 Å². The van der Waals surface area contributed by atoms with E-state index in [-0.39, 0.29) is 24.1 Å². The summed E-state index contributed by atoms with van der Waals surface area (Å²) in [6.07, 6.45) is 2.92. The van der Waals surface area contributed by atoms with Crippen LogP contribution in [0.25, 0.3) is 22.3 Å². The lowest BCUT2D eigenvalue weighted by Crippen LogP contribution is -2.48. The maximum Gasteiger partial charge on any atom is 0.254 e. The average molecular weight is 406 g/mol. The van der Waals surface area contributed by atoms with E-state index in [0.29, 0.717) is 40.9 Å². The van der Waals surface area contributed by atoms with Crippen molar-refractivity contribution in [3.63, 3.8) is 0 Å². The number of rotatable bonds is 3. The van der Waals surface area contributed by atoms with Gasteiger partial charge in [0.05, 0.1) is 12.2 Å². The molecule has 2 atom stereocenters. The Labute approximate surface area is 174 Å². The number of carbonyl (C=O) groups excluding carboxylic acids is 1. The number of ether oxygens (including phenoxy) is 1. The summed E-state index contributed by atoms with van der Waals surface area (Å²) in [4.78, 5) is 22.9.